The first-order chi connectivity index (χ1) is 16.4. The monoisotopic (exact) mass is 504 g/mol. The Balaban J connectivity index is 1.68. The number of aliphatic hydroxyl groups is 4. The lowest BCUT2D eigenvalue weighted by Gasteiger charge is -2.73. The number of rotatable bonds is 1. The summed E-state index contributed by atoms with van der Waals surface area (Å²) in [5.74, 6) is -0.975. The topological polar surface area (TPSA) is 118 Å². The Morgan fingerprint density at radius 1 is 0.861 bits per heavy atom. The average Bonchev–Trinajstić information content (AvgIpc) is 2.76. The van der Waals surface area contributed by atoms with Crippen LogP contribution in [0.1, 0.15) is 93.4 Å². The van der Waals surface area contributed by atoms with E-state index in [2.05, 4.69) is 40.7 Å². The highest BCUT2D eigenvalue weighted by Gasteiger charge is 2.74. The summed E-state index contributed by atoms with van der Waals surface area (Å²) < 4.78 is 0. The highest BCUT2D eigenvalue weighted by molar-refractivity contribution is 5.77. The number of hydrogen-bond donors (Lipinski definition) is 5. The van der Waals surface area contributed by atoms with Gasteiger partial charge >= 0.3 is 5.97 Å². The smallest absolute Gasteiger partial charge is 0.310 e. The van der Waals surface area contributed by atoms with E-state index in [4.69, 9.17) is 0 Å². The fraction of sp³-hybridized carbons (Fsp3) is 0.900. The summed E-state index contributed by atoms with van der Waals surface area (Å²) in [7, 11) is 0. The highest BCUT2D eigenvalue weighted by Crippen LogP contribution is 2.75. The predicted octanol–water partition coefficient (Wildman–Crippen LogP) is 4.15. The van der Waals surface area contributed by atoms with Gasteiger partial charge in [-0.2, -0.15) is 0 Å². The van der Waals surface area contributed by atoms with Gasteiger partial charge in [-0.05, 0) is 78.9 Å². The predicted molar refractivity (Wildman–Crippen MR) is 137 cm³/mol. The van der Waals surface area contributed by atoms with Crippen molar-refractivity contribution >= 4 is 5.97 Å². The van der Waals surface area contributed by atoms with Gasteiger partial charge in [0.2, 0.25) is 0 Å². The molecule has 4 saturated carbocycles. The molecule has 204 valence electrons. The molecule has 5 aliphatic rings. The maximum atomic E-state index is 12.8. The number of carbonyl (C=O) groups is 1. The quantitative estimate of drug-likeness (QED) is 0.343. The van der Waals surface area contributed by atoms with E-state index in [0.717, 1.165) is 18.4 Å². The Hall–Kier alpha value is -0.950. The largest absolute Gasteiger partial charge is 0.481 e. The molecule has 6 heteroatoms. The number of allylic oxidation sites excluding steroid dienone is 1. The molecule has 36 heavy (non-hydrogen) atoms. The van der Waals surface area contributed by atoms with Gasteiger partial charge in [0.25, 0.3) is 0 Å². The lowest BCUT2D eigenvalue weighted by Crippen LogP contribution is -2.73. The van der Waals surface area contributed by atoms with Crippen molar-refractivity contribution in [3.05, 3.63) is 11.6 Å². The Bertz CT molecular complexity index is 986. The molecule has 0 aromatic carbocycles. The fourth-order valence-corrected chi connectivity index (χ4v) is 10.8. The molecule has 0 bridgehead atoms. The zero-order chi connectivity index (χ0) is 26.9. The van der Waals surface area contributed by atoms with Gasteiger partial charge in [0.15, 0.2) is 0 Å². The second kappa shape index (κ2) is 7.58. The molecule has 0 aromatic heterocycles. The van der Waals surface area contributed by atoms with Crippen molar-refractivity contribution in [2.75, 3.05) is 0 Å². The number of carboxylic acids is 1. The Morgan fingerprint density at radius 2 is 1.50 bits per heavy atom. The molecule has 0 spiro atoms. The van der Waals surface area contributed by atoms with E-state index < -0.39 is 52.0 Å². The number of aliphatic hydroxyl groups excluding tert-OH is 4. The van der Waals surface area contributed by atoms with Crippen molar-refractivity contribution in [3.63, 3.8) is 0 Å². The van der Waals surface area contributed by atoms with Crippen molar-refractivity contribution < 1.29 is 30.3 Å². The molecule has 11 atom stereocenters. The zero-order valence-electron chi connectivity index (χ0n) is 23.2. The van der Waals surface area contributed by atoms with Gasteiger partial charge in [0.1, 0.15) is 0 Å². The van der Waals surface area contributed by atoms with E-state index in [9.17, 15) is 30.3 Å². The SMILES string of the molecule is CC1(C)CC[C@]2(C(=O)O)C[C@H](O)[C@]3(C)C(=CC[C@@H]4[C@@]5(C)C[C@@H](O)[C@H](O)C(C)(C)[C@@H]5C[C@H](O)[C@]43C)[C@@H]2C1. The third kappa shape index (κ3) is 2.96. The summed E-state index contributed by atoms with van der Waals surface area (Å²) in [5.41, 5.74) is -2.28. The molecule has 5 aliphatic carbocycles. The molecule has 0 heterocycles. The Morgan fingerprint density at radius 3 is 2.11 bits per heavy atom. The van der Waals surface area contributed by atoms with Crippen LogP contribution >= 0.6 is 0 Å². The highest BCUT2D eigenvalue weighted by atomic mass is 16.4. The first-order valence-electron chi connectivity index (χ1n) is 14.1. The molecular formula is C30H48O6. The maximum absolute atomic E-state index is 12.8. The third-order valence-corrected chi connectivity index (χ3v) is 13.1. The van der Waals surface area contributed by atoms with Crippen LogP contribution < -0.4 is 0 Å². The van der Waals surface area contributed by atoms with Crippen LogP contribution in [-0.4, -0.2) is 55.9 Å². The van der Waals surface area contributed by atoms with Gasteiger partial charge in [-0.1, -0.05) is 60.1 Å². The van der Waals surface area contributed by atoms with E-state index in [1.165, 1.54) is 0 Å². The molecule has 0 unspecified atom stereocenters. The summed E-state index contributed by atoms with van der Waals surface area (Å²) in [4.78, 5) is 12.8. The Kier molecular flexibility index (Phi) is 5.61. The lowest BCUT2D eigenvalue weighted by molar-refractivity contribution is -0.275. The van der Waals surface area contributed by atoms with Crippen molar-refractivity contribution in [2.24, 2.45) is 50.2 Å². The van der Waals surface area contributed by atoms with Crippen LogP contribution in [0, 0.1) is 50.2 Å². The number of aliphatic carboxylic acids is 1. The van der Waals surface area contributed by atoms with E-state index in [1.54, 1.807) is 0 Å². The first-order valence-corrected chi connectivity index (χ1v) is 14.1. The van der Waals surface area contributed by atoms with E-state index in [-0.39, 0.29) is 35.0 Å². The van der Waals surface area contributed by atoms with Crippen LogP contribution in [0.4, 0.5) is 0 Å². The lowest BCUT2D eigenvalue weighted by atomic mass is 9.32. The van der Waals surface area contributed by atoms with E-state index in [1.807, 2.05) is 13.8 Å². The van der Waals surface area contributed by atoms with Gasteiger partial charge in [-0.25, -0.2) is 0 Å². The number of carboxylic acid groups (broad SMARTS) is 1. The third-order valence-electron chi connectivity index (χ3n) is 13.1. The van der Waals surface area contributed by atoms with Crippen molar-refractivity contribution in [2.45, 2.75) is 118 Å². The summed E-state index contributed by atoms with van der Waals surface area (Å²) in [6.07, 6.45) is 2.94. The molecule has 0 radical (unpaired) electrons. The molecule has 4 fully saturated rings. The first kappa shape index (κ1) is 26.6. The van der Waals surface area contributed by atoms with E-state index in [0.29, 0.717) is 25.7 Å². The van der Waals surface area contributed by atoms with Crippen molar-refractivity contribution in [1.29, 1.82) is 0 Å². The molecule has 0 saturated heterocycles. The molecule has 0 aromatic rings. The van der Waals surface area contributed by atoms with Crippen LogP contribution in [0.3, 0.4) is 0 Å². The van der Waals surface area contributed by atoms with Gasteiger partial charge in [-0.3, -0.25) is 4.79 Å². The van der Waals surface area contributed by atoms with Crippen LogP contribution in [0.2, 0.25) is 0 Å². The van der Waals surface area contributed by atoms with Crippen LogP contribution in [0.25, 0.3) is 0 Å². The Labute approximate surface area is 216 Å². The summed E-state index contributed by atoms with van der Waals surface area (Å²) in [6.45, 7) is 14.9. The van der Waals surface area contributed by atoms with Gasteiger partial charge in [0, 0.05) is 10.8 Å². The minimum absolute atomic E-state index is 0.0152. The molecule has 5 rings (SSSR count). The second-order valence-electron chi connectivity index (χ2n) is 15.4. The fourth-order valence-electron chi connectivity index (χ4n) is 10.8. The number of fused-ring (bicyclic) bond motifs is 7. The van der Waals surface area contributed by atoms with Crippen molar-refractivity contribution in [1.82, 2.24) is 0 Å². The molecule has 6 nitrogen and oxygen atoms in total. The summed E-state index contributed by atoms with van der Waals surface area (Å²) in [5, 5.41) is 56.3. The van der Waals surface area contributed by atoms with Gasteiger partial charge < -0.3 is 25.5 Å². The second-order valence-corrected chi connectivity index (χ2v) is 15.4. The normalized spacial score (nSPS) is 55.3. The van der Waals surface area contributed by atoms with Gasteiger partial charge in [0.05, 0.1) is 29.8 Å². The number of hydrogen-bond acceptors (Lipinski definition) is 5. The summed E-state index contributed by atoms with van der Waals surface area (Å²) in [6, 6.07) is 0. The van der Waals surface area contributed by atoms with Gasteiger partial charge in [-0.15, -0.1) is 0 Å². The minimum atomic E-state index is -0.970. The standard InChI is InChI=1S/C30H48O6/c1-25(2)10-11-30(24(35)36)15-22(33)28(6)16(17(30)13-25)8-9-19-27(5)14-18(31)23(34)26(3,4)20(27)12-21(32)29(19,28)7/h8,17-23,31-34H,9-15H2,1-7H3,(H,35,36)/t17-,18+,19+,20-,21-,22-,23-,27+,28-,29-,30-/m0/s1. The average molecular weight is 505 g/mol. The summed E-state index contributed by atoms with van der Waals surface area (Å²) >= 11 is 0. The molecule has 0 aliphatic heterocycles. The minimum Gasteiger partial charge on any atom is -0.481 e. The van der Waals surface area contributed by atoms with Crippen LogP contribution in [0.5, 0.6) is 0 Å². The molecular weight excluding hydrogens is 456 g/mol. The zero-order valence-corrected chi connectivity index (χ0v) is 23.2. The van der Waals surface area contributed by atoms with E-state index >= 15 is 0 Å². The molecule has 0 amide bonds. The van der Waals surface area contributed by atoms with Crippen LogP contribution in [-0.2, 0) is 4.79 Å². The van der Waals surface area contributed by atoms with Crippen LogP contribution in [0.15, 0.2) is 11.6 Å². The molecule has 5 N–H and O–H groups in total. The van der Waals surface area contributed by atoms with Crippen molar-refractivity contribution in [3.8, 4) is 0 Å². The maximum Gasteiger partial charge on any atom is 0.310 e.